The number of nitrogens with zero attached hydrogens (tertiary/aromatic N) is 3. The van der Waals surface area contributed by atoms with Crippen molar-refractivity contribution in [1.29, 1.82) is 0 Å². The molecule has 24 heavy (non-hydrogen) atoms. The van der Waals surface area contributed by atoms with Crippen molar-refractivity contribution in [2.45, 2.75) is 19.5 Å². The molecule has 0 bridgehead atoms. The number of halogens is 1. The van der Waals surface area contributed by atoms with Crippen molar-refractivity contribution >= 4 is 22.3 Å². The lowest BCUT2D eigenvalue weighted by molar-refractivity contribution is 0.507. The summed E-state index contributed by atoms with van der Waals surface area (Å²) < 4.78 is 13.9. The van der Waals surface area contributed by atoms with Crippen LogP contribution < -0.4 is 4.90 Å². The van der Waals surface area contributed by atoms with Gasteiger partial charge in [-0.15, -0.1) is 0 Å². The first kappa shape index (κ1) is 14.8. The summed E-state index contributed by atoms with van der Waals surface area (Å²) in [5, 5.41) is 0.782. The summed E-state index contributed by atoms with van der Waals surface area (Å²) in [6.45, 7) is 4.16. The van der Waals surface area contributed by atoms with E-state index in [9.17, 15) is 4.39 Å². The fourth-order valence-corrected chi connectivity index (χ4v) is 3.14. The minimum atomic E-state index is -0.361. The number of hydrogen-bond acceptors (Lipinski definition) is 3. The molecule has 2 aromatic carbocycles. The monoisotopic (exact) mass is 319 g/mol. The van der Waals surface area contributed by atoms with Crippen LogP contribution in [-0.2, 0) is 0 Å². The van der Waals surface area contributed by atoms with Crippen LogP contribution in [0.15, 0.2) is 59.7 Å². The number of hydrogen-bond donors (Lipinski definition) is 0. The average molecular weight is 319 g/mol. The van der Waals surface area contributed by atoms with Crippen LogP contribution in [0, 0.1) is 5.82 Å². The quantitative estimate of drug-likeness (QED) is 0.665. The second kappa shape index (κ2) is 5.13. The van der Waals surface area contributed by atoms with Crippen LogP contribution in [0.25, 0.3) is 10.9 Å². The molecular formula is C20H18FN3. The van der Waals surface area contributed by atoms with E-state index in [-0.39, 0.29) is 11.5 Å². The molecule has 1 aromatic heterocycles. The predicted octanol–water partition coefficient (Wildman–Crippen LogP) is 4.40. The Bertz CT molecular complexity index is 976. The second-order valence-electron chi connectivity index (χ2n) is 6.57. The van der Waals surface area contributed by atoms with Crippen molar-refractivity contribution in [2.24, 2.45) is 4.99 Å². The molecule has 4 heteroatoms. The Morgan fingerprint density at radius 2 is 1.83 bits per heavy atom. The maximum absolute atomic E-state index is 13.9. The first-order valence-corrected chi connectivity index (χ1v) is 7.95. The lowest BCUT2D eigenvalue weighted by Gasteiger charge is -2.40. The molecule has 3 nitrogen and oxygen atoms in total. The molecule has 3 aromatic rings. The third-order valence-corrected chi connectivity index (χ3v) is 4.66. The van der Waals surface area contributed by atoms with Crippen molar-refractivity contribution in [3.8, 4) is 0 Å². The number of benzene rings is 2. The van der Waals surface area contributed by atoms with Crippen LogP contribution in [0.3, 0.4) is 0 Å². The fraction of sp³-hybridized carbons (Fsp3) is 0.200. The van der Waals surface area contributed by atoms with Crippen molar-refractivity contribution in [3.05, 3.63) is 71.7 Å². The molecule has 0 N–H and O–H groups in total. The highest BCUT2D eigenvalue weighted by Crippen LogP contribution is 2.34. The Kier molecular flexibility index (Phi) is 3.17. The van der Waals surface area contributed by atoms with Crippen molar-refractivity contribution < 1.29 is 4.39 Å². The number of anilines is 1. The van der Waals surface area contributed by atoms with Crippen LogP contribution >= 0.6 is 0 Å². The average Bonchev–Trinajstić information content (AvgIpc) is 2.58. The highest BCUT2D eigenvalue weighted by Gasteiger charge is 2.31. The van der Waals surface area contributed by atoms with E-state index in [0.717, 1.165) is 27.9 Å². The zero-order chi connectivity index (χ0) is 16.9. The molecule has 0 radical (unpaired) electrons. The lowest BCUT2D eigenvalue weighted by Crippen LogP contribution is -2.44. The molecule has 4 rings (SSSR count). The predicted molar refractivity (Wildman–Crippen MR) is 96.3 cm³/mol. The van der Waals surface area contributed by atoms with Crippen LogP contribution in [0.1, 0.15) is 25.0 Å². The lowest BCUT2D eigenvalue weighted by atomic mass is 9.95. The van der Waals surface area contributed by atoms with Gasteiger partial charge in [0.25, 0.3) is 0 Å². The summed E-state index contributed by atoms with van der Waals surface area (Å²) in [5.41, 5.74) is 4.03. The SMILES string of the molecule is CN1c2ccccc2C(c2cnc3c(F)cccc3c2)=NC1(C)C. The van der Waals surface area contributed by atoms with Gasteiger partial charge in [-0.3, -0.25) is 9.98 Å². The molecule has 120 valence electrons. The molecule has 0 atom stereocenters. The molecule has 0 unspecified atom stereocenters. The van der Waals surface area contributed by atoms with E-state index in [1.54, 1.807) is 12.3 Å². The highest BCUT2D eigenvalue weighted by molar-refractivity contribution is 6.18. The molecule has 0 saturated carbocycles. The van der Waals surface area contributed by atoms with E-state index in [2.05, 4.69) is 35.9 Å². The van der Waals surface area contributed by atoms with Gasteiger partial charge in [0.1, 0.15) is 17.0 Å². The summed E-state index contributed by atoms with van der Waals surface area (Å²) >= 11 is 0. The second-order valence-corrected chi connectivity index (χ2v) is 6.57. The fourth-order valence-electron chi connectivity index (χ4n) is 3.14. The van der Waals surface area contributed by atoms with Crippen molar-refractivity contribution in [1.82, 2.24) is 4.98 Å². The van der Waals surface area contributed by atoms with E-state index in [1.807, 2.05) is 31.3 Å². The van der Waals surface area contributed by atoms with E-state index in [1.165, 1.54) is 6.07 Å². The largest absolute Gasteiger partial charge is 0.350 e. The van der Waals surface area contributed by atoms with Gasteiger partial charge in [0, 0.05) is 35.4 Å². The van der Waals surface area contributed by atoms with E-state index < -0.39 is 0 Å². The molecule has 0 aliphatic carbocycles. The molecule has 1 aliphatic heterocycles. The number of fused-ring (bicyclic) bond motifs is 2. The van der Waals surface area contributed by atoms with Gasteiger partial charge in [0.2, 0.25) is 0 Å². The normalized spacial score (nSPS) is 16.0. The van der Waals surface area contributed by atoms with Gasteiger partial charge in [-0.05, 0) is 32.0 Å². The number of rotatable bonds is 1. The Morgan fingerprint density at radius 1 is 1.04 bits per heavy atom. The summed E-state index contributed by atoms with van der Waals surface area (Å²) in [7, 11) is 2.05. The summed E-state index contributed by atoms with van der Waals surface area (Å²) in [5.74, 6) is -0.301. The Labute approximate surface area is 140 Å². The zero-order valence-corrected chi connectivity index (χ0v) is 13.9. The van der Waals surface area contributed by atoms with E-state index in [0.29, 0.717) is 5.52 Å². The minimum absolute atomic E-state index is 0.301. The van der Waals surface area contributed by atoms with Gasteiger partial charge in [-0.2, -0.15) is 0 Å². The Balaban J connectivity index is 1.95. The molecule has 2 heterocycles. The number of para-hydroxylation sites is 2. The molecule has 0 saturated heterocycles. The van der Waals surface area contributed by atoms with Crippen LogP contribution in [0.4, 0.5) is 10.1 Å². The van der Waals surface area contributed by atoms with Crippen LogP contribution in [0.2, 0.25) is 0 Å². The van der Waals surface area contributed by atoms with Crippen molar-refractivity contribution in [3.63, 3.8) is 0 Å². The molecule has 0 fully saturated rings. The number of pyridine rings is 1. The zero-order valence-electron chi connectivity index (χ0n) is 13.9. The maximum atomic E-state index is 13.9. The molecule has 1 aliphatic rings. The summed E-state index contributed by atoms with van der Waals surface area (Å²) in [6, 6.07) is 15.2. The van der Waals surface area contributed by atoms with Gasteiger partial charge in [0.15, 0.2) is 0 Å². The minimum Gasteiger partial charge on any atom is -0.350 e. The standard InChI is InChI=1S/C20H18FN3/c1-20(2)23-18(15-8-4-5-10-17(15)24(20)3)14-11-13-7-6-9-16(21)19(13)22-12-14/h4-12H,1-3H3. The topological polar surface area (TPSA) is 28.5 Å². The number of aliphatic imine (C=N–C) groups is 1. The van der Waals surface area contributed by atoms with Gasteiger partial charge < -0.3 is 4.90 Å². The smallest absolute Gasteiger partial charge is 0.149 e. The summed E-state index contributed by atoms with van der Waals surface area (Å²) in [6.07, 6.45) is 1.71. The van der Waals surface area contributed by atoms with Gasteiger partial charge in [0.05, 0.1) is 5.71 Å². The molecule has 0 spiro atoms. The maximum Gasteiger partial charge on any atom is 0.149 e. The molecule has 0 amide bonds. The first-order valence-electron chi connectivity index (χ1n) is 7.95. The highest BCUT2D eigenvalue weighted by atomic mass is 19.1. The van der Waals surface area contributed by atoms with E-state index in [4.69, 9.17) is 4.99 Å². The van der Waals surface area contributed by atoms with Crippen LogP contribution in [0.5, 0.6) is 0 Å². The van der Waals surface area contributed by atoms with E-state index >= 15 is 0 Å². The Hall–Kier alpha value is -2.75. The van der Waals surface area contributed by atoms with Crippen molar-refractivity contribution in [2.75, 3.05) is 11.9 Å². The van der Waals surface area contributed by atoms with Gasteiger partial charge in [-0.25, -0.2) is 4.39 Å². The third kappa shape index (κ3) is 2.18. The third-order valence-electron chi connectivity index (χ3n) is 4.66. The Morgan fingerprint density at radius 3 is 2.67 bits per heavy atom. The summed E-state index contributed by atoms with van der Waals surface area (Å²) in [4.78, 5) is 11.4. The van der Waals surface area contributed by atoms with Gasteiger partial charge in [-0.1, -0.05) is 30.3 Å². The van der Waals surface area contributed by atoms with Gasteiger partial charge >= 0.3 is 0 Å². The van der Waals surface area contributed by atoms with Crippen LogP contribution in [-0.4, -0.2) is 23.4 Å². The number of aromatic nitrogens is 1. The first-order chi connectivity index (χ1) is 11.5. The molecular weight excluding hydrogens is 301 g/mol.